The Morgan fingerprint density at radius 1 is 1.23 bits per heavy atom. The molecular weight excluding hydrogens is 349 g/mol. The third kappa shape index (κ3) is 2.65. The normalized spacial score (nSPS) is 19.5. The number of benzene rings is 1. The Hall–Kier alpha value is -3.10. The number of aliphatic imine (C=N–C) groups is 1. The lowest BCUT2D eigenvalue weighted by molar-refractivity contribution is -0.138. The van der Waals surface area contributed by atoms with Crippen LogP contribution < -0.4 is 0 Å². The number of aromatic hydroxyl groups is 1. The number of nitrogens with one attached hydrogen (secondary N) is 1. The molecule has 26 heavy (non-hydrogen) atoms. The summed E-state index contributed by atoms with van der Waals surface area (Å²) in [4.78, 5) is 11.6. The number of phenols is 1. The molecule has 2 N–H and O–H groups in total. The first kappa shape index (κ1) is 16.4. The molecule has 0 spiro atoms. The molecule has 2 aromatic heterocycles. The van der Waals surface area contributed by atoms with Crippen molar-refractivity contribution in [1.82, 2.24) is 15.1 Å². The predicted molar refractivity (Wildman–Crippen MR) is 86.4 cm³/mol. The number of hydrogen-bond acceptors (Lipinski definition) is 5. The maximum atomic E-state index is 13.0. The van der Waals surface area contributed by atoms with Gasteiger partial charge in [-0.1, -0.05) is 12.1 Å². The summed E-state index contributed by atoms with van der Waals surface area (Å²) in [7, 11) is 0. The molecule has 3 heterocycles. The molecule has 0 amide bonds. The van der Waals surface area contributed by atoms with Crippen LogP contribution in [-0.2, 0) is 6.18 Å². The highest BCUT2D eigenvalue weighted by molar-refractivity contribution is 5.72. The third-order valence-electron chi connectivity index (χ3n) is 4.32. The number of alkyl halides is 3. The SMILES string of the molecule is CC1C=Nc2[nH]ccc2C1c1noc(-c2ccc(O)c(C(F)(F)F)c2)n1. The first-order valence-electron chi connectivity index (χ1n) is 7.80. The fraction of sp³-hybridized carbons (Fsp3) is 0.235. The molecule has 3 aromatic rings. The van der Waals surface area contributed by atoms with E-state index in [-0.39, 0.29) is 23.3 Å². The van der Waals surface area contributed by atoms with Crippen molar-refractivity contribution in [1.29, 1.82) is 0 Å². The minimum absolute atomic E-state index is 0.00527. The van der Waals surface area contributed by atoms with E-state index in [0.29, 0.717) is 11.6 Å². The van der Waals surface area contributed by atoms with E-state index in [2.05, 4.69) is 20.1 Å². The molecule has 0 radical (unpaired) electrons. The van der Waals surface area contributed by atoms with Gasteiger partial charge in [-0.3, -0.25) is 0 Å². The van der Waals surface area contributed by atoms with Crippen molar-refractivity contribution in [2.24, 2.45) is 10.9 Å². The van der Waals surface area contributed by atoms with Gasteiger partial charge in [0.15, 0.2) is 5.82 Å². The Bertz CT molecular complexity index is 990. The van der Waals surface area contributed by atoms with Crippen LogP contribution in [0, 0.1) is 5.92 Å². The molecular formula is C17H13F3N4O2. The fourth-order valence-corrected chi connectivity index (χ4v) is 3.05. The second kappa shape index (κ2) is 5.72. The number of halogens is 3. The van der Waals surface area contributed by atoms with Crippen molar-refractivity contribution >= 4 is 12.0 Å². The van der Waals surface area contributed by atoms with Crippen LogP contribution >= 0.6 is 0 Å². The van der Waals surface area contributed by atoms with E-state index in [1.54, 1.807) is 12.4 Å². The van der Waals surface area contributed by atoms with Gasteiger partial charge in [-0.25, -0.2) is 4.99 Å². The second-order valence-electron chi connectivity index (χ2n) is 6.08. The molecule has 0 fully saturated rings. The number of H-pyrrole nitrogens is 1. The summed E-state index contributed by atoms with van der Waals surface area (Å²) in [5.74, 6) is -0.0586. The number of nitrogens with zero attached hydrogens (tertiary/aromatic N) is 3. The summed E-state index contributed by atoms with van der Waals surface area (Å²) in [6.45, 7) is 1.95. The molecule has 0 bridgehead atoms. The lowest BCUT2D eigenvalue weighted by atomic mass is 9.86. The van der Waals surface area contributed by atoms with E-state index >= 15 is 0 Å². The molecule has 1 aromatic carbocycles. The minimum Gasteiger partial charge on any atom is -0.507 e. The van der Waals surface area contributed by atoms with Gasteiger partial charge in [0.05, 0.1) is 11.5 Å². The van der Waals surface area contributed by atoms with Crippen LogP contribution in [-0.4, -0.2) is 26.4 Å². The van der Waals surface area contributed by atoms with Gasteiger partial charge in [-0.15, -0.1) is 0 Å². The average molecular weight is 362 g/mol. The molecule has 4 rings (SSSR count). The van der Waals surface area contributed by atoms with E-state index in [9.17, 15) is 18.3 Å². The van der Waals surface area contributed by atoms with E-state index in [1.807, 2.05) is 13.0 Å². The molecule has 0 saturated heterocycles. The van der Waals surface area contributed by atoms with Crippen molar-refractivity contribution in [3.63, 3.8) is 0 Å². The topological polar surface area (TPSA) is 87.3 Å². The Balaban J connectivity index is 1.73. The van der Waals surface area contributed by atoms with Gasteiger partial charge in [-0.05, 0) is 24.3 Å². The number of aromatic amines is 1. The van der Waals surface area contributed by atoms with Gasteiger partial charge in [0.2, 0.25) is 0 Å². The average Bonchev–Trinajstić information content (AvgIpc) is 3.23. The monoisotopic (exact) mass is 362 g/mol. The number of phenolic OH excluding ortho intramolecular Hbond substituents is 1. The van der Waals surface area contributed by atoms with Crippen molar-refractivity contribution in [2.75, 3.05) is 0 Å². The van der Waals surface area contributed by atoms with Gasteiger partial charge in [0, 0.05) is 29.5 Å². The summed E-state index contributed by atoms with van der Waals surface area (Å²) in [6.07, 6.45) is -1.16. The summed E-state index contributed by atoms with van der Waals surface area (Å²) >= 11 is 0. The van der Waals surface area contributed by atoms with Gasteiger partial charge >= 0.3 is 6.18 Å². The highest BCUT2D eigenvalue weighted by atomic mass is 19.4. The van der Waals surface area contributed by atoms with Crippen LogP contribution in [0.1, 0.15) is 29.8 Å². The standard InChI is InChI=1S/C17H13F3N4O2/c1-8-7-22-14-10(4-5-21-14)13(8)15-23-16(26-24-15)9-2-3-12(25)11(6-9)17(18,19)20/h2-8,13,21,25H,1H3. The number of aromatic nitrogens is 3. The number of fused-ring (bicyclic) bond motifs is 1. The van der Waals surface area contributed by atoms with E-state index in [4.69, 9.17) is 4.52 Å². The van der Waals surface area contributed by atoms with Crippen LogP contribution in [0.3, 0.4) is 0 Å². The lowest BCUT2D eigenvalue weighted by Gasteiger charge is -2.20. The van der Waals surface area contributed by atoms with Crippen molar-refractivity contribution < 1.29 is 22.8 Å². The van der Waals surface area contributed by atoms with Crippen LogP contribution in [0.15, 0.2) is 40.0 Å². The zero-order chi connectivity index (χ0) is 18.5. The summed E-state index contributed by atoms with van der Waals surface area (Å²) in [5, 5.41) is 13.4. The minimum atomic E-state index is -4.68. The zero-order valence-corrected chi connectivity index (χ0v) is 13.4. The van der Waals surface area contributed by atoms with Crippen LogP contribution in [0.25, 0.3) is 11.5 Å². The maximum Gasteiger partial charge on any atom is 0.419 e. The first-order chi connectivity index (χ1) is 12.3. The van der Waals surface area contributed by atoms with Crippen LogP contribution in [0.5, 0.6) is 5.75 Å². The molecule has 2 atom stereocenters. The smallest absolute Gasteiger partial charge is 0.419 e. The molecule has 1 aliphatic heterocycles. The Morgan fingerprint density at radius 3 is 2.81 bits per heavy atom. The zero-order valence-electron chi connectivity index (χ0n) is 13.4. The molecule has 0 aliphatic carbocycles. The van der Waals surface area contributed by atoms with Gasteiger partial charge in [0.25, 0.3) is 5.89 Å². The number of hydrogen-bond donors (Lipinski definition) is 2. The van der Waals surface area contributed by atoms with Gasteiger partial charge < -0.3 is 14.6 Å². The fourth-order valence-electron chi connectivity index (χ4n) is 3.05. The van der Waals surface area contributed by atoms with Crippen molar-refractivity contribution in [3.05, 3.63) is 47.4 Å². The van der Waals surface area contributed by atoms with E-state index in [1.165, 1.54) is 6.07 Å². The van der Waals surface area contributed by atoms with Crippen LogP contribution in [0.2, 0.25) is 0 Å². The maximum absolute atomic E-state index is 13.0. The molecule has 2 unspecified atom stereocenters. The molecule has 134 valence electrons. The third-order valence-corrected chi connectivity index (χ3v) is 4.32. The van der Waals surface area contributed by atoms with Crippen molar-refractivity contribution in [2.45, 2.75) is 19.0 Å². The summed E-state index contributed by atoms with van der Waals surface area (Å²) in [5.41, 5.74) is -0.171. The molecule has 0 saturated carbocycles. The lowest BCUT2D eigenvalue weighted by Crippen LogP contribution is -2.16. The first-order valence-corrected chi connectivity index (χ1v) is 7.80. The van der Waals surface area contributed by atoms with Crippen LogP contribution in [0.4, 0.5) is 19.0 Å². The molecule has 1 aliphatic rings. The predicted octanol–water partition coefficient (Wildman–Crippen LogP) is 4.27. The quantitative estimate of drug-likeness (QED) is 0.713. The van der Waals surface area contributed by atoms with E-state index in [0.717, 1.165) is 17.7 Å². The highest BCUT2D eigenvalue weighted by Crippen LogP contribution is 2.40. The highest BCUT2D eigenvalue weighted by Gasteiger charge is 2.35. The largest absolute Gasteiger partial charge is 0.507 e. The Morgan fingerprint density at radius 2 is 2.04 bits per heavy atom. The summed E-state index contributed by atoms with van der Waals surface area (Å²) < 4.78 is 44.1. The molecule has 6 nitrogen and oxygen atoms in total. The van der Waals surface area contributed by atoms with Gasteiger partial charge in [0.1, 0.15) is 11.6 Å². The van der Waals surface area contributed by atoms with Crippen molar-refractivity contribution in [3.8, 4) is 17.2 Å². The molecule has 9 heteroatoms. The Kier molecular flexibility index (Phi) is 3.60. The van der Waals surface area contributed by atoms with Gasteiger partial charge in [-0.2, -0.15) is 18.2 Å². The van der Waals surface area contributed by atoms with E-state index < -0.39 is 17.5 Å². The number of rotatable bonds is 2. The summed E-state index contributed by atoms with van der Waals surface area (Å²) in [6, 6.07) is 4.92. The second-order valence-corrected chi connectivity index (χ2v) is 6.08. The Labute approximate surface area is 145 Å².